The van der Waals surface area contributed by atoms with Crippen LogP contribution in [0.2, 0.25) is 0 Å². The van der Waals surface area contributed by atoms with Gasteiger partial charge in [0.25, 0.3) is 0 Å². The van der Waals surface area contributed by atoms with E-state index in [0.29, 0.717) is 4.43 Å². The van der Waals surface area contributed by atoms with Crippen molar-refractivity contribution in [1.82, 2.24) is 0 Å². The van der Waals surface area contributed by atoms with E-state index >= 15 is 0 Å². The molecule has 0 fully saturated rings. The van der Waals surface area contributed by atoms with Gasteiger partial charge in [0, 0.05) is 4.43 Å². The third-order valence-electron chi connectivity index (χ3n) is 2.54. The minimum absolute atomic E-state index is 0.454. The number of benzene rings is 1. The summed E-state index contributed by atoms with van der Waals surface area (Å²) in [6.07, 6.45) is -6.11. The van der Waals surface area contributed by atoms with E-state index in [0.717, 1.165) is 12.5 Å². The second kappa shape index (κ2) is 5.56. The molecule has 0 N–H and O–H groups in total. The van der Waals surface area contributed by atoms with Gasteiger partial charge in [-0.2, -0.15) is 13.2 Å². The summed E-state index contributed by atoms with van der Waals surface area (Å²) >= 11 is 2.04. The van der Waals surface area contributed by atoms with Crippen molar-refractivity contribution in [2.45, 2.75) is 31.7 Å². The third-order valence-corrected chi connectivity index (χ3v) is 3.99. The summed E-state index contributed by atoms with van der Waals surface area (Å²) in [6.45, 7) is 2.71. The molecule has 0 radical (unpaired) electrons. The molecule has 1 rings (SSSR count). The minimum atomic E-state index is -4.33. The summed E-state index contributed by atoms with van der Waals surface area (Å²) < 4.78 is 43.2. The quantitative estimate of drug-likeness (QED) is 0.576. The summed E-state index contributed by atoms with van der Waals surface area (Å²) in [5, 5.41) is 0. The molecule has 0 aromatic heterocycles. The molecule has 17 heavy (non-hydrogen) atoms. The van der Waals surface area contributed by atoms with Crippen molar-refractivity contribution >= 4 is 22.6 Å². The second-order valence-electron chi connectivity index (χ2n) is 4.03. The summed E-state index contributed by atoms with van der Waals surface area (Å²) in [7, 11) is 0. The average Bonchev–Trinajstić information content (AvgIpc) is 2.28. The molecule has 1 aromatic carbocycles. The van der Waals surface area contributed by atoms with Gasteiger partial charge in [-0.05, 0) is 19.4 Å². The van der Waals surface area contributed by atoms with Crippen molar-refractivity contribution in [1.29, 1.82) is 0 Å². The molecule has 0 aliphatic carbocycles. The van der Waals surface area contributed by atoms with Crippen LogP contribution >= 0.6 is 22.6 Å². The lowest BCUT2D eigenvalue weighted by Crippen LogP contribution is -2.38. The minimum Gasteiger partial charge on any atom is -0.357 e. The highest BCUT2D eigenvalue weighted by atomic mass is 127. The molecule has 0 spiro atoms. The number of alkyl halides is 4. The zero-order valence-corrected chi connectivity index (χ0v) is 11.7. The number of hydrogen-bond donors (Lipinski definition) is 0. The van der Waals surface area contributed by atoms with Crippen LogP contribution in [0.15, 0.2) is 30.3 Å². The molecule has 5 heteroatoms. The summed E-state index contributed by atoms with van der Waals surface area (Å²) in [4.78, 5) is 0. The Morgan fingerprint density at radius 3 is 2.18 bits per heavy atom. The Balaban J connectivity index is 2.91. The normalized spacial score (nSPS) is 17.5. The van der Waals surface area contributed by atoms with Crippen molar-refractivity contribution in [3.8, 4) is 0 Å². The molecule has 0 saturated heterocycles. The number of halogens is 4. The second-order valence-corrected chi connectivity index (χ2v) is 4.79. The van der Waals surface area contributed by atoms with Crippen molar-refractivity contribution < 1.29 is 17.9 Å². The molecule has 0 heterocycles. The van der Waals surface area contributed by atoms with E-state index in [-0.39, 0.29) is 0 Å². The van der Waals surface area contributed by atoms with Crippen LogP contribution in [0.4, 0.5) is 13.2 Å². The standard InChI is InChI=1S/C12H14F3IO/c1-9(12(13,14)15)17-11(2,8-16)10-6-4-3-5-7-10/h3-7,9H,8H2,1-2H3. The van der Waals surface area contributed by atoms with E-state index in [4.69, 9.17) is 4.74 Å². The summed E-state index contributed by atoms with van der Waals surface area (Å²) in [6, 6.07) is 8.97. The fourth-order valence-corrected chi connectivity index (χ4v) is 2.04. The monoisotopic (exact) mass is 358 g/mol. The molecule has 0 amide bonds. The van der Waals surface area contributed by atoms with Crippen molar-refractivity contribution in [3.63, 3.8) is 0 Å². The largest absolute Gasteiger partial charge is 0.414 e. The lowest BCUT2D eigenvalue weighted by molar-refractivity contribution is -0.242. The highest BCUT2D eigenvalue weighted by Crippen LogP contribution is 2.33. The van der Waals surface area contributed by atoms with E-state index in [1.54, 1.807) is 31.2 Å². The fourth-order valence-electron chi connectivity index (χ4n) is 1.42. The van der Waals surface area contributed by atoms with Crippen molar-refractivity contribution in [2.75, 3.05) is 4.43 Å². The van der Waals surface area contributed by atoms with E-state index in [9.17, 15) is 13.2 Å². The van der Waals surface area contributed by atoms with Crippen LogP contribution in [0.25, 0.3) is 0 Å². The van der Waals surface area contributed by atoms with Gasteiger partial charge < -0.3 is 4.74 Å². The van der Waals surface area contributed by atoms with Gasteiger partial charge in [-0.3, -0.25) is 0 Å². The Labute approximate surface area is 112 Å². The van der Waals surface area contributed by atoms with Crippen molar-refractivity contribution in [3.05, 3.63) is 35.9 Å². The Hall–Kier alpha value is -0.300. The third kappa shape index (κ3) is 3.84. The molecule has 1 aromatic rings. The Morgan fingerprint density at radius 2 is 1.76 bits per heavy atom. The maximum absolute atomic E-state index is 12.5. The van der Waals surface area contributed by atoms with Crippen LogP contribution in [0.5, 0.6) is 0 Å². The first-order valence-corrected chi connectivity index (χ1v) is 6.68. The van der Waals surface area contributed by atoms with E-state index in [1.165, 1.54) is 0 Å². The maximum Gasteiger partial charge on any atom is 0.414 e. The summed E-state index contributed by atoms with van der Waals surface area (Å²) in [5.41, 5.74) is -0.165. The number of rotatable bonds is 4. The topological polar surface area (TPSA) is 9.23 Å². The molecule has 96 valence electrons. The van der Waals surface area contributed by atoms with Crippen LogP contribution in [0.3, 0.4) is 0 Å². The zero-order valence-electron chi connectivity index (χ0n) is 9.59. The van der Waals surface area contributed by atoms with Gasteiger partial charge >= 0.3 is 6.18 Å². The van der Waals surface area contributed by atoms with Gasteiger partial charge in [0.15, 0.2) is 6.10 Å². The Kier molecular flexibility index (Phi) is 4.83. The molecule has 2 unspecified atom stereocenters. The Bertz CT molecular complexity index is 353. The molecule has 1 nitrogen and oxygen atoms in total. The molecule has 0 aliphatic rings. The lowest BCUT2D eigenvalue weighted by atomic mass is 9.98. The molecule has 0 aliphatic heterocycles. The van der Waals surface area contributed by atoms with Gasteiger partial charge in [0.2, 0.25) is 0 Å². The van der Waals surface area contributed by atoms with Crippen LogP contribution < -0.4 is 0 Å². The SMILES string of the molecule is CC(OC(C)(CI)c1ccccc1)C(F)(F)F. The zero-order chi connectivity index (χ0) is 13.1. The molecule has 0 saturated carbocycles. The summed E-state index contributed by atoms with van der Waals surface area (Å²) in [5.74, 6) is 0. The first-order chi connectivity index (χ1) is 7.79. The fraction of sp³-hybridized carbons (Fsp3) is 0.500. The van der Waals surface area contributed by atoms with Gasteiger partial charge in [0.05, 0.1) is 5.60 Å². The van der Waals surface area contributed by atoms with Crippen molar-refractivity contribution in [2.24, 2.45) is 0 Å². The van der Waals surface area contributed by atoms with Gasteiger partial charge in [-0.1, -0.05) is 52.9 Å². The predicted octanol–water partition coefficient (Wildman–Crippen LogP) is 4.30. The van der Waals surface area contributed by atoms with Gasteiger partial charge in [-0.25, -0.2) is 0 Å². The predicted molar refractivity (Wildman–Crippen MR) is 69.3 cm³/mol. The first kappa shape index (κ1) is 14.8. The average molecular weight is 358 g/mol. The van der Waals surface area contributed by atoms with Crippen LogP contribution in [0.1, 0.15) is 19.4 Å². The van der Waals surface area contributed by atoms with E-state index in [1.807, 2.05) is 28.7 Å². The smallest absolute Gasteiger partial charge is 0.357 e. The van der Waals surface area contributed by atoms with E-state index in [2.05, 4.69) is 0 Å². The molecular weight excluding hydrogens is 344 g/mol. The maximum atomic E-state index is 12.5. The van der Waals surface area contributed by atoms with Gasteiger partial charge in [-0.15, -0.1) is 0 Å². The molecular formula is C12H14F3IO. The van der Waals surface area contributed by atoms with Gasteiger partial charge in [0.1, 0.15) is 0 Å². The Morgan fingerprint density at radius 1 is 1.24 bits per heavy atom. The highest BCUT2D eigenvalue weighted by molar-refractivity contribution is 14.1. The highest BCUT2D eigenvalue weighted by Gasteiger charge is 2.42. The lowest BCUT2D eigenvalue weighted by Gasteiger charge is -2.32. The molecule has 0 bridgehead atoms. The van der Waals surface area contributed by atoms with Crippen LogP contribution in [-0.4, -0.2) is 16.7 Å². The first-order valence-electron chi connectivity index (χ1n) is 5.15. The van der Waals surface area contributed by atoms with E-state index < -0.39 is 17.9 Å². The number of hydrogen-bond acceptors (Lipinski definition) is 1. The number of ether oxygens (including phenoxy) is 1. The van der Waals surface area contributed by atoms with Crippen LogP contribution in [-0.2, 0) is 10.3 Å². The molecule has 2 atom stereocenters. The van der Waals surface area contributed by atoms with Crippen LogP contribution in [0, 0.1) is 0 Å².